The first-order valence-electron chi connectivity index (χ1n) is 4.18. The highest BCUT2D eigenvalue weighted by Crippen LogP contribution is 2.29. The van der Waals surface area contributed by atoms with Gasteiger partial charge in [0.15, 0.2) is 10.2 Å². The van der Waals surface area contributed by atoms with Crippen LogP contribution in [-0.4, -0.2) is 26.2 Å². The van der Waals surface area contributed by atoms with Crippen molar-refractivity contribution in [1.29, 1.82) is 0 Å². The number of oxime groups is 1. The summed E-state index contributed by atoms with van der Waals surface area (Å²) in [7, 11) is 0. The Bertz CT molecular complexity index is 499. The molecule has 0 aliphatic rings. The van der Waals surface area contributed by atoms with E-state index >= 15 is 0 Å². The number of amidine groups is 1. The van der Waals surface area contributed by atoms with E-state index in [1.54, 1.807) is 23.8 Å². The molecular weight excluding hydrogens is 246 g/mol. The first-order chi connectivity index (χ1) is 7.81. The lowest BCUT2D eigenvalue weighted by Gasteiger charge is -2.03. The van der Waals surface area contributed by atoms with Crippen molar-refractivity contribution in [3.8, 4) is 0 Å². The standard InChI is InChI=1S/C8H7N5OS2/c9-6(13-14)5-2-1-3-10-7(5)16-8-12-11-4-15-8/h1-4,14H,(H2,9,13). The van der Waals surface area contributed by atoms with Crippen LogP contribution in [0.5, 0.6) is 0 Å². The van der Waals surface area contributed by atoms with Crippen LogP contribution in [0.2, 0.25) is 0 Å². The molecule has 0 amide bonds. The van der Waals surface area contributed by atoms with Gasteiger partial charge >= 0.3 is 0 Å². The Labute approximate surface area is 99.2 Å². The van der Waals surface area contributed by atoms with Gasteiger partial charge in [-0.05, 0) is 23.9 Å². The number of aromatic nitrogens is 3. The lowest BCUT2D eigenvalue weighted by Crippen LogP contribution is -2.14. The molecule has 6 nitrogen and oxygen atoms in total. The van der Waals surface area contributed by atoms with Crippen molar-refractivity contribution in [2.75, 3.05) is 0 Å². The van der Waals surface area contributed by atoms with Crippen molar-refractivity contribution >= 4 is 28.9 Å². The zero-order valence-corrected chi connectivity index (χ0v) is 9.57. The highest BCUT2D eigenvalue weighted by molar-refractivity contribution is 8.01. The smallest absolute Gasteiger partial charge is 0.180 e. The van der Waals surface area contributed by atoms with E-state index in [0.29, 0.717) is 10.6 Å². The average Bonchev–Trinajstić information content (AvgIpc) is 2.82. The Hall–Kier alpha value is -1.67. The summed E-state index contributed by atoms with van der Waals surface area (Å²) in [6.45, 7) is 0. The Kier molecular flexibility index (Phi) is 3.32. The molecule has 82 valence electrons. The molecule has 0 aliphatic heterocycles. The van der Waals surface area contributed by atoms with Crippen molar-refractivity contribution in [3.05, 3.63) is 29.4 Å². The van der Waals surface area contributed by atoms with Gasteiger partial charge in [-0.25, -0.2) is 4.98 Å². The molecule has 0 unspecified atom stereocenters. The molecular formula is C8H7N5OS2. The summed E-state index contributed by atoms with van der Waals surface area (Å²) in [6, 6.07) is 3.45. The highest BCUT2D eigenvalue weighted by atomic mass is 32.2. The summed E-state index contributed by atoms with van der Waals surface area (Å²) in [6.07, 6.45) is 1.64. The molecule has 0 fully saturated rings. The van der Waals surface area contributed by atoms with Crippen LogP contribution in [0.4, 0.5) is 0 Å². The minimum Gasteiger partial charge on any atom is -0.409 e. The van der Waals surface area contributed by atoms with Crippen LogP contribution in [0.1, 0.15) is 5.56 Å². The molecule has 0 aliphatic carbocycles. The van der Waals surface area contributed by atoms with E-state index in [1.165, 1.54) is 23.1 Å². The fraction of sp³-hybridized carbons (Fsp3) is 0. The van der Waals surface area contributed by atoms with Gasteiger partial charge in [-0.15, -0.1) is 10.2 Å². The number of pyridine rings is 1. The van der Waals surface area contributed by atoms with E-state index < -0.39 is 0 Å². The topological polar surface area (TPSA) is 97.3 Å². The van der Waals surface area contributed by atoms with Gasteiger partial charge in [-0.2, -0.15) is 0 Å². The van der Waals surface area contributed by atoms with Crippen LogP contribution in [0.15, 0.2) is 38.4 Å². The molecule has 0 bridgehead atoms. The van der Waals surface area contributed by atoms with E-state index in [0.717, 1.165) is 4.34 Å². The second-order valence-corrected chi connectivity index (χ2v) is 4.72. The number of rotatable bonds is 3. The van der Waals surface area contributed by atoms with Gasteiger partial charge < -0.3 is 10.9 Å². The fourth-order valence-electron chi connectivity index (χ4n) is 1.01. The first kappa shape index (κ1) is 10.8. The fourth-order valence-corrected chi connectivity index (χ4v) is 2.50. The average molecular weight is 253 g/mol. The zero-order valence-electron chi connectivity index (χ0n) is 7.94. The normalized spacial score (nSPS) is 11.6. The minimum absolute atomic E-state index is 0.0279. The maximum atomic E-state index is 8.64. The predicted octanol–water partition coefficient (Wildman–Crippen LogP) is 1.18. The Balaban J connectivity index is 2.34. The van der Waals surface area contributed by atoms with Gasteiger partial charge in [0.1, 0.15) is 10.5 Å². The predicted molar refractivity (Wildman–Crippen MR) is 60.8 cm³/mol. The van der Waals surface area contributed by atoms with Gasteiger partial charge in [0.05, 0.1) is 5.56 Å². The molecule has 16 heavy (non-hydrogen) atoms. The molecule has 3 N–H and O–H groups in total. The third kappa shape index (κ3) is 2.28. The summed E-state index contributed by atoms with van der Waals surface area (Å²) in [5.74, 6) is 0.0279. The summed E-state index contributed by atoms with van der Waals surface area (Å²) < 4.78 is 0.755. The summed E-state index contributed by atoms with van der Waals surface area (Å²) in [4.78, 5) is 4.15. The monoisotopic (exact) mass is 253 g/mol. The molecule has 2 aromatic rings. The maximum Gasteiger partial charge on any atom is 0.180 e. The second kappa shape index (κ2) is 4.90. The molecule has 0 atom stereocenters. The molecule has 2 heterocycles. The minimum atomic E-state index is 0.0279. The van der Waals surface area contributed by atoms with Gasteiger partial charge in [0.25, 0.3) is 0 Å². The molecule has 2 rings (SSSR count). The number of hydrogen-bond acceptors (Lipinski definition) is 7. The van der Waals surface area contributed by atoms with Gasteiger partial charge in [-0.3, -0.25) is 0 Å². The Morgan fingerprint density at radius 3 is 3.12 bits per heavy atom. The maximum absolute atomic E-state index is 8.64. The van der Waals surface area contributed by atoms with Crippen LogP contribution in [0.3, 0.4) is 0 Å². The lowest BCUT2D eigenvalue weighted by atomic mass is 10.3. The SMILES string of the molecule is N/C(=N\O)c1cccnc1Sc1nncs1. The van der Waals surface area contributed by atoms with E-state index in [9.17, 15) is 0 Å². The molecule has 8 heteroatoms. The molecule has 2 aromatic heterocycles. The largest absolute Gasteiger partial charge is 0.409 e. The van der Waals surface area contributed by atoms with E-state index in [2.05, 4.69) is 20.3 Å². The quantitative estimate of drug-likeness (QED) is 0.369. The van der Waals surface area contributed by atoms with Crippen LogP contribution >= 0.6 is 23.1 Å². The Morgan fingerprint density at radius 1 is 1.56 bits per heavy atom. The molecule has 0 radical (unpaired) electrons. The van der Waals surface area contributed by atoms with Gasteiger partial charge in [-0.1, -0.05) is 16.5 Å². The molecule has 0 spiro atoms. The summed E-state index contributed by atoms with van der Waals surface area (Å²) in [5, 5.41) is 19.8. The van der Waals surface area contributed by atoms with Crippen molar-refractivity contribution in [2.24, 2.45) is 10.9 Å². The van der Waals surface area contributed by atoms with Gasteiger partial charge in [0.2, 0.25) is 0 Å². The van der Waals surface area contributed by atoms with Crippen molar-refractivity contribution < 1.29 is 5.21 Å². The van der Waals surface area contributed by atoms with Crippen molar-refractivity contribution in [2.45, 2.75) is 9.37 Å². The van der Waals surface area contributed by atoms with E-state index in [1.807, 2.05) is 0 Å². The third-order valence-corrected chi connectivity index (χ3v) is 3.48. The van der Waals surface area contributed by atoms with E-state index in [-0.39, 0.29) is 5.84 Å². The van der Waals surface area contributed by atoms with E-state index in [4.69, 9.17) is 10.9 Å². The van der Waals surface area contributed by atoms with Crippen molar-refractivity contribution in [1.82, 2.24) is 15.2 Å². The molecule has 0 saturated heterocycles. The molecule has 0 aromatic carbocycles. The second-order valence-electron chi connectivity index (χ2n) is 2.65. The number of hydrogen-bond donors (Lipinski definition) is 2. The van der Waals surface area contributed by atoms with Crippen molar-refractivity contribution in [3.63, 3.8) is 0 Å². The lowest BCUT2D eigenvalue weighted by molar-refractivity contribution is 0.318. The van der Waals surface area contributed by atoms with Crippen LogP contribution in [0.25, 0.3) is 0 Å². The zero-order chi connectivity index (χ0) is 11.4. The molecule has 0 saturated carbocycles. The summed E-state index contributed by atoms with van der Waals surface area (Å²) >= 11 is 2.73. The Morgan fingerprint density at radius 2 is 2.44 bits per heavy atom. The van der Waals surface area contributed by atoms with Crippen LogP contribution in [0, 0.1) is 0 Å². The summed E-state index contributed by atoms with van der Waals surface area (Å²) in [5.41, 5.74) is 7.75. The van der Waals surface area contributed by atoms with Crippen LogP contribution < -0.4 is 5.73 Å². The third-order valence-electron chi connectivity index (χ3n) is 1.68. The van der Waals surface area contributed by atoms with Gasteiger partial charge in [0, 0.05) is 6.20 Å². The first-order valence-corrected chi connectivity index (χ1v) is 5.88. The van der Waals surface area contributed by atoms with Crippen LogP contribution in [-0.2, 0) is 0 Å². The highest BCUT2D eigenvalue weighted by Gasteiger charge is 2.10. The number of nitrogens with zero attached hydrogens (tertiary/aromatic N) is 4. The number of nitrogens with two attached hydrogens (primary N) is 1.